The Bertz CT molecular complexity index is 441. The third kappa shape index (κ3) is 3.19. The van der Waals surface area contributed by atoms with Gasteiger partial charge in [-0.15, -0.1) is 0 Å². The number of halogens is 1. The smallest absolute Gasteiger partial charge is 0.409 e. The number of hydrogen-bond donors (Lipinski definition) is 1. The first-order valence-electron chi connectivity index (χ1n) is 6.42. The van der Waals surface area contributed by atoms with E-state index in [9.17, 15) is 4.79 Å². The van der Waals surface area contributed by atoms with E-state index in [1.807, 2.05) is 0 Å². The lowest BCUT2D eigenvalue weighted by atomic mass is 10.2. The molecule has 0 atom stereocenters. The van der Waals surface area contributed by atoms with E-state index in [0.29, 0.717) is 18.2 Å². The Labute approximate surface area is 117 Å². The summed E-state index contributed by atoms with van der Waals surface area (Å²) in [5, 5.41) is 7.54. The molecule has 0 spiro atoms. The number of aromatic nitrogens is 2. The summed E-state index contributed by atoms with van der Waals surface area (Å²) in [5.41, 5.74) is 2.15. The highest BCUT2D eigenvalue weighted by molar-refractivity contribution is 6.30. The zero-order chi connectivity index (χ0) is 13.8. The van der Waals surface area contributed by atoms with Gasteiger partial charge >= 0.3 is 6.09 Å². The molecule has 1 N–H and O–H groups in total. The summed E-state index contributed by atoms with van der Waals surface area (Å²) in [7, 11) is 1.41. The lowest BCUT2D eigenvalue weighted by Gasteiger charge is -2.33. The van der Waals surface area contributed by atoms with Crippen molar-refractivity contribution in [1.29, 1.82) is 0 Å². The molecule has 0 saturated carbocycles. The van der Waals surface area contributed by atoms with Crippen LogP contribution >= 0.6 is 11.6 Å². The van der Waals surface area contributed by atoms with E-state index in [1.54, 1.807) is 4.90 Å². The number of rotatable bonds is 3. The average molecular weight is 287 g/mol. The first kappa shape index (κ1) is 14.1. The maximum absolute atomic E-state index is 11.4. The van der Waals surface area contributed by atoms with Gasteiger partial charge in [0.1, 0.15) is 0 Å². The molecule has 19 heavy (non-hydrogen) atoms. The Morgan fingerprint density at radius 1 is 1.42 bits per heavy atom. The first-order chi connectivity index (χ1) is 9.15. The molecule has 0 radical (unpaired) electrons. The van der Waals surface area contributed by atoms with Crippen LogP contribution in [0.15, 0.2) is 0 Å². The summed E-state index contributed by atoms with van der Waals surface area (Å²) in [6.07, 6.45) is 0.632. The van der Waals surface area contributed by atoms with Gasteiger partial charge in [0, 0.05) is 44.0 Å². The van der Waals surface area contributed by atoms with Crippen LogP contribution in [0.2, 0.25) is 5.15 Å². The number of aryl methyl sites for hydroxylation is 1. The number of hydrogen-bond acceptors (Lipinski definition) is 4. The van der Waals surface area contributed by atoms with Crippen molar-refractivity contribution in [2.75, 3.05) is 33.3 Å². The zero-order valence-corrected chi connectivity index (χ0v) is 12.0. The molecule has 1 aliphatic heterocycles. The number of carbonyl (C=O) groups excluding carboxylic acids is 1. The minimum atomic E-state index is -0.254. The Morgan fingerprint density at radius 3 is 2.68 bits per heavy atom. The molecule has 7 heteroatoms. The number of nitrogens with one attached hydrogen (secondary N) is 1. The minimum Gasteiger partial charge on any atom is -0.453 e. The summed E-state index contributed by atoms with van der Waals surface area (Å²) < 4.78 is 4.72. The first-order valence-corrected chi connectivity index (χ1v) is 6.80. The standard InChI is InChI=1S/C12H19ClN4O2/c1-3-10-9(11(13)15-14-10)8-16-4-6-17(7-5-16)12(18)19-2/h3-8H2,1-2H3,(H,14,15). The van der Waals surface area contributed by atoms with Crippen LogP contribution in [0.4, 0.5) is 4.79 Å². The van der Waals surface area contributed by atoms with Gasteiger partial charge in [-0.1, -0.05) is 18.5 Å². The van der Waals surface area contributed by atoms with Gasteiger partial charge in [0.2, 0.25) is 0 Å². The van der Waals surface area contributed by atoms with Gasteiger partial charge in [-0.25, -0.2) is 4.79 Å². The number of methoxy groups -OCH3 is 1. The van der Waals surface area contributed by atoms with Crippen LogP contribution in [0, 0.1) is 0 Å². The zero-order valence-electron chi connectivity index (χ0n) is 11.3. The number of H-pyrrole nitrogens is 1. The van der Waals surface area contributed by atoms with Crippen LogP contribution < -0.4 is 0 Å². The Kier molecular flexibility index (Phi) is 4.66. The van der Waals surface area contributed by atoms with Crippen LogP contribution in [-0.2, 0) is 17.7 Å². The lowest BCUT2D eigenvalue weighted by molar-refractivity contribution is 0.0888. The molecule has 1 aromatic heterocycles. The molecule has 6 nitrogen and oxygen atoms in total. The van der Waals surface area contributed by atoms with Gasteiger partial charge in [0.15, 0.2) is 5.15 Å². The van der Waals surface area contributed by atoms with Gasteiger partial charge in [-0.05, 0) is 6.42 Å². The molecule has 1 aromatic rings. The fraction of sp³-hybridized carbons (Fsp3) is 0.667. The van der Waals surface area contributed by atoms with Crippen LogP contribution in [0.5, 0.6) is 0 Å². The van der Waals surface area contributed by atoms with Crippen molar-refractivity contribution < 1.29 is 9.53 Å². The normalized spacial score (nSPS) is 16.7. The maximum atomic E-state index is 11.4. The predicted octanol–water partition coefficient (Wildman–Crippen LogP) is 1.51. The molecule has 0 bridgehead atoms. The molecule has 106 valence electrons. The van der Waals surface area contributed by atoms with Gasteiger partial charge in [0.25, 0.3) is 0 Å². The monoisotopic (exact) mass is 286 g/mol. The molecular weight excluding hydrogens is 268 g/mol. The van der Waals surface area contributed by atoms with Gasteiger partial charge < -0.3 is 9.64 Å². The van der Waals surface area contributed by atoms with Crippen LogP contribution in [0.25, 0.3) is 0 Å². The van der Waals surface area contributed by atoms with Crippen molar-refractivity contribution in [3.05, 3.63) is 16.4 Å². The van der Waals surface area contributed by atoms with E-state index in [1.165, 1.54) is 7.11 Å². The summed E-state index contributed by atoms with van der Waals surface area (Å²) in [5.74, 6) is 0. The van der Waals surface area contributed by atoms with Crippen molar-refractivity contribution in [2.45, 2.75) is 19.9 Å². The van der Waals surface area contributed by atoms with E-state index < -0.39 is 0 Å². The van der Waals surface area contributed by atoms with E-state index in [4.69, 9.17) is 16.3 Å². The quantitative estimate of drug-likeness (QED) is 0.915. The van der Waals surface area contributed by atoms with E-state index in [0.717, 1.165) is 37.3 Å². The molecule has 0 aromatic carbocycles. The van der Waals surface area contributed by atoms with Crippen molar-refractivity contribution in [3.8, 4) is 0 Å². The molecule has 2 heterocycles. The second-order valence-electron chi connectivity index (χ2n) is 4.56. The van der Waals surface area contributed by atoms with Crippen molar-refractivity contribution >= 4 is 17.7 Å². The van der Waals surface area contributed by atoms with E-state index >= 15 is 0 Å². The third-order valence-electron chi connectivity index (χ3n) is 3.44. The molecular formula is C12H19ClN4O2. The third-order valence-corrected chi connectivity index (χ3v) is 3.76. The van der Waals surface area contributed by atoms with Gasteiger partial charge in [-0.3, -0.25) is 10.00 Å². The van der Waals surface area contributed by atoms with Gasteiger partial charge in [0.05, 0.1) is 7.11 Å². The average Bonchev–Trinajstić information content (AvgIpc) is 2.79. The maximum Gasteiger partial charge on any atom is 0.409 e. The molecule has 1 fully saturated rings. The van der Waals surface area contributed by atoms with Gasteiger partial charge in [-0.2, -0.15) is 5.10 Å². The fourth-order valence-corrected chi connectivity index (χ4v) is 2.49. The molecule has 1 amide bonds. The predicted molar refractivity (Wildman–Crippen MR) is 72.2 cm³/mol. The molecule has 1 aliphatic rings. The highest BCUT2D eigenvalue weighted by Crippen LogP contribution is 2.20. The lowest BCUT2D eigenvalue weighted by Crippen LogP contribution is -2.48. The Hall–Kier alpha value is -1.27. The number of aromatic amines is 1. The Morgan fingerprint density at radius 2 is 2.11 bits per heavy atom. The Balaban J connectivity index is 1.92. The fourth-order valence-electron chi connectivity index (χ4n) is 2.27. The SMILES string of the molecule is CCc1[nH]nc(Cl)c1CN1CCN(C(=O)OC)CC1. The van der Waals surface area contributed by atoms with E-state index in [-0.39, 0.29) is 6.09 Å². The van der Waals surface area contributed by atoms with Crippen molar-refractivity contribution in [3.63, 3.8) is 0 Å². The highest BCUT2D eigenvalue weighted by atomic mass is 35.5. The molecule has 0 aliphatic carbocycles. The number of amides is 1. The van der Waals surface area contributed by atoms with Crippen LogP contribution in [0.3, 0.4) is 0 Å². The molecule has 1 saturated heterocycles. The number of nitrogens with zero attached hydrogens (tertiary/aromatic N) is 3. The molecule has 0 unspecified atom stereocenters. The van der Waals surface area contributed by atoms with Crippen molar-refractivity contribution in [1.82, 2.24) is 20.0 Å². The second-order valence-corrected chi connectivity index (χ2v) is 4.92. The second kappa shape index (κ2) is 6.25. The summed E-state index contributed by atoms with van der Waals surface area (Å²) in [6.45, 7) is 5.85. The number of piperazine rings is 1. The van der Waals surface area contributed by atoms with Crippen molar-refractivity contribution in [2.24, 2.45) is 0 Å². The number of carbonyl (C=O) groups is 1. The minimum absolute atomic E-state index is 0.254. The molecule has 2 rings (SSSR count). The van der Waals surface area contributed by atoms with Crippen LogP contribution in [-0.4, -0.2) is 59.4 Å². The van der Waals surface area contributed by atoms with Crippen LogP contribution in [0.1, 0.15) is 18.2 Å². The largest absolute Gasteiger partial charge is 0.453 e. The highest BCUT2D eigenvalue weighted by Gasteiger charge is 2.23. The summed E-state index contributed by atoms with van der Waals surface area (Å²) in [4.78, 5) is 15.4. The van der Waals surface area contributed by atoms with E-state index in [2.05, 4.69) is 22.0 Å². The summed E-state index contributed by atoms with van der Waals surface area (Å²) >= 11 is 6.09. The summed E-state index contributed by atoms with van der Waals surface area (Å²) in [6, 6.07) is 0. The topological polar surface area (TPSA) is 61.5 Å². The number of ether oxygens (including phenoxy) is 1.